The minimum atomic E-state index is 0.0209. The molecule has 0 saturated heterocycles. The highest BCUT2D eigenvalue weighted by atomic mass is 16.2. The highest BCUT2D eigenvalue weighted by molar-refractivity contribution is 5.94. The lowest BCUT2D eigenvalue weighted by Crippen LogP contribution is -2.26. The SMILES string of the molecule is CNc1ccc(C(=O)N(C)Cc2ccncc2)cc1C. The highest BCUT2D eigenvalue weighted by Crippen LogP contribution is 2.17. The van der Waals surface area contributed by atoms with Crippen LogP contribution in [0.25, 0.3) is 0 Å². The third-order valence-corrected chi connectivity index (χ3v) is 3.26. The average Bonchev–Trinajstić information content (AvgIpc) is 2.47. The zero-order valence-electron chi connectivity index (χ0n) is 12.1. The number of nitrogens with zero attached hydrogens (tertiary/aromatic N) is 2. The van der Waals surface area contributed by atoms with Crippen LogP contribution in [0.2, 0.25) is 0 Å². The number of rotatable bonds is 4. The van der Waals surface area contributed by atoms with Crippen LogP contribution in [0.1, 0.15) is 21.5 Å². The van der Waals surface area contributed by atoms with Crippen molar-refractivity contribution in [1.29, 1.82) is 0 Å². The molecule has 20 heavy (non-hydrogen) atoms. The summed E-state index contributed by atoms with van der Waals surface area (Å²) >= 11 is 0. The molecule has 1 aromatic heterocycles. The van der Waals surface area contributed by atoms with Gasteiger partial charge in [0.1, 0.15) is 0 Å². The number of aromatic nitrogens is 1. The molecule has 0 saturated carbocycles. The van der Waals surface area contributed by atoms with E-state index in [2.05, 4.69) is 10.3 Å². The molecule has 0 radical (unpaired) electrons. The van der Waals surface area contributed by atoms with E-state index in [0.29, 0.717) is 12.1 Å². The van der Waals surface area contributed by atoms with Crippen molar-refractivity contribution >= 4 is 11.6 Å². The van der Waals surface area contributed by atoms with Crippen molar-refractivity contribution in [2.24, 2.45) is 0 Å². The second-order valence-electron chi connectivity index (χ2n) is 4.80. The molecule has 0 spiro atoms. The largest absolute Gasteiger partial charge is 0.388 e. The minimum Gasteiger partial charge on any atom is -0.388 e. The summed E-state index contributed by atoms with van der Waals surface area (Å²) < 4.78 is 0. The summed E-state index contributed by atoms with van der Waals surface area (Å²) in [5, 5.41) is 3.10. The number of aryl methyl sites for hydroxylation is 1. The van der Waals surface area contributed by atoms with Crippen LogP contribution in [0.5, 0.6) is 0 Å². The summed E-state index contributed by atoms with van der Waals surface area (Å²) in [4.78, 5) is 18.1. The number of hydrogen-bond donors (Lipinski definition) is 1. The number of nitrogens with one attached hydrogen (secondary N) is 1. The Hall–Kier alpha value is -2.36. The van der Waals surface area contributed by atoms with E-state index < -0.39 is 0 Å². The standard InChI is InChI=1S/C16H19N3O/c1-12-10-14(4-5-15(12)17-2)16(20)19(3)11-13-6-8-18-9-7-13/h4-10,17H,11H2,1-3H3. The summed E-state index contributed by atoms with van der Waals surface area (Å²) in [5.41, 5.74) is 3.88. The Balaban J connectivity index is 2.12. The van der Waals surface area contributed by atoms with Crippen molar-refractivity contribution in [3.8, 4) is 0 Å². The molecule has 0 aliphatic rings. The first kappa shape index (κ1) is 14.1. The second-order valence-corrected chi connectivity index (χ2v) is 4.80. The predicted molar refractivity (Wildman–Crippen MR) is 80.8 cm³/mol. The maximum atomic E-state index is 12.4. The van der Waals surface area contributed by atoms with Crippen LogP contribution in [0.3, 0.4) is 0 Å². The maximum Gasteiger partial charge on any atom is 0.253 e. The molecule has 1 amide bonds. The zero-order valence-corrected chi connectivity index (χ0v) is 12.1. The fraction of sp³-hybridized carbons (Fsp3) is 0.250. The number of amides is 1. The van der Waals surface area contributed by atoms with Gasteiger partial charge in [-0.25, -0.2) is 0 Å². The molecule has 0 bridgehead atoms. The fourth-order valence-corrected chi connectivity index (χ4v) is 2.13. The summed E-state index contributed by atoms with van der Waals surface area (Å²) in [6.45, 7) is 2.57. The van der Waals surface area contributed by atoms with Crippen molar-refractivity contribution in [3.63, 3.8) is 0 Å². The van der Waals surface area contributed by atoms with E-state index in [0.717, 1.165) is 16.8 Å². The molecule has 1 N–H and O–H groups in total. The molecule has 2 rings (SSSR count). The molecule has 0 atom stereocenters. The van der Waals surface area contributed by atoms with Gasteiger partial charge in [-0.3, -0.25) is 9.78 Å². The van der Waals surface area contributed by atoms with Crippen molar-refractivity contribution in [2.75, 3.05) is 19.4 Å². The van der Waals surface area contributed by atoms with Crippen LogP contribution in [-0.2, 0) is 6.54 Å². The number of anilines is 1. The quantitative estimate of drug-likeness (QED) is 0.928. The molecule has 2 aromatic rings. The van der Waals surface area contributed by atoms with Gasteiger partial charge in [-0.2, -0.15) is 0 Å². The van der Waals surface area contributed by atoms with Crippen LogP contribution in [0.15, 0.2) is 42.7 Å². The van der Waals surface area contributed by atoms with Gasteiger partial charge in [0.05, 0.1) is 0 Å². The molecule has 0 fully saturated rings. The third-order valence-electron chi connectivity index (χ3n) is 3.26. The van der Waals surface area contributed by atoms with Crippen LogP contribution in [0.4, 0.5) is 5.69 Å². The molecule has 104 valence electrons. The third kappa shape index (κ3) is 3.15. The van der Waals surface area contributed by atoms with Crippen molar-refractivity contribution < 1.29 is 4.79 Å². The van der Waals surface area contributed by atoms with Crippen LogP contribution in [-0.4, -0.2) is 29.9 Å². The van der Waals surface area contributed by atoms with Gasteiger partial charge in [0.2, 0.25) is 0 Å². The van der Waals surface area contributed by atoms with Crippen molar-refractivity contribution in [3.05, 3.63) is 59.4 Å². The predicted octanol–water partition coefficient (Wildman–Crippen LogP) is 2.70. The van der Waals surface area contributed by atoms with Crippen LogP contribution >= 0.6 is 0 Å². The van der Waals surface area contributed by atoms with E-state index in [1.807, 2.05) is 51.4 Å². The maximum absolute atomic E-state index is 12.4. The Morgan fingerprint density at radius 3 is 2.55 bits per heavy atom. The summed E-state index contributed by atoms with van der Waals surface area (Å²) in [6.07, 6.45) is 3.47. The molecular formula is C16H19N3O. The minimum absolute atomic E-state index is 0.0209. The van der Waals surface area contributed by atoms with Gasteiger partial charge in [-0.15, -0.1) is 0 Å². The molecule has 4 heteroatoms. The Labute approximate surface area is 119 Å². The molecule has 0 aliphatic carbocycles. The Bertz CT molecular complexity index is 596. The summed E-state index contributed by atoms with van der Waals surface area (Å²) in [7, 11) is 3.68. The zero-order chi connectivity index (χ0) is 14.5. The topological polar surface area (TPSA) is 45.2 Å². The fourth-order valence-electron chi connectivity index (χ4n) is 2.13. The van der Waals surface area contributed by atoms with Crippen LogP contribution in [0, 0.1) is 6.92 Å². The first-order valence-electron chi connectivity index (χ1n) is 6.54. The lowest BCUT2D eigenvalue weighted by atomic mass is 10.1. The first-order valence-corrected chi connectivity index (χ1v) is 6.54. The van der Waals surface area contributed by atoms with Crippen LogP contribution < -0.4 is 5.32 Å². The smallest absolute Gasteiger partial charge is 0.253 e. The molecule has 0 unspecified atom stereocenters. The normalized spacial score (nSPS) is 10.2. The monoisotopic (exact) mass is 269 g/mol. The van der Waals surface area contributed by atoms with Crippen molar-refractivity contribution in [2.45, 2.75) is 13.5 Å². The lowest BCUT2D eigenvalue weighted by molar-refractivity contribution is 0.0785. The lowest BCUT2D eigenvalue weighted by Gasteiger charge is -2.18. The molecular weight excluding hydrogens is 250 g/mol. The van der Waals surface area contributed by atoms with Crippen molar-refractivity contribution in [1.82, 2.24) is 9.88 Å². The second kappa shape index (κ2) is 6.19. The average molecular weight is 269 g/mol. The number of benzene rings is 1. The molecule has 1 heterocycles. The summed E-state index contributed by atoms with van der Waals surface area (Å²) in [5.74, 6) is 0.0209. The summed E-state index contributed by atoms with van der Waals surface area (Å²) in [6, 6.07) is 9.53. The van der Waals surface area contributed by atoms with Gasteiger partial charge in [-0.05, 0) is 48.4 Å². The Kier molecular flexibility index (Phi) is 4.35. The number of carbonyl (C=O) groups is 1. The number of pyridine rings is 1. The molecule has 4 nitrogen and oxygen atoms in total. The Morgan fingerprint density at radius 2 is 1.95 bits per heavy atom. The number of hydrogen-bond acceptors (Lipinski definition) is 3. The van der Waals surface area contributed by atoms with Gasteiger partial charge in [0.25, 0.3) is 5.91 Å². The van der Waals surface area contributed by atoms with Gasteiger partial charge >= 0.3 is 0 Å². The number of carbonyl (C=O) groups excluding carboxylic acids is 1. The van der Waals surface area contributed by atoms with Gasteiger partial charge < -0.3 is 10.2 Å². The molecule has 0 aliphatic heterocycles. The van der Waals surface area contributed by atoms with E-state index >= 15 is 0 Å². The van der Waals surface area contributed by atoms with Gasteiger partial charge in [-0.1, -0.05) is 0 Å². The van der Waals surface area contributed by atoms with E-state index in [4.69, 9.17) is 0 Å². The van der Waals surface area contributed by atoms with E-state index in [9.17, 15) is 4.79 Å². The van der Waals surface area contributed by atoms with E-state index in [1.165, 1.54) is 0 Å². The van der Waals surface area contributed by atoms with Gasteiger partial charge in [0.15, 0.2) is 0 Å². The Morgan fingerprint density at radius 1 is 1.25 bits per heavy atom. The van der Waals surface area contributed by atoms with Gasteiger partial charge in [0, 0.05) is 44.3 Å². The van der Waals surface area contributed by atoms with E-state index in [-0.39, 0.29) is 5.91 Å². The molecule has 1 aromatic carbocycles. The highest BCUT2D eigenvalue weighted by Gasteiger charge is 2.12. The first-order chi connectivity index (χ1) is 9.61. The van der Waals surface area contributed by atoms with E-state index in [1.54, 1.807) is 17.3 Å².